The Balaban J connectivity index is 2.08. The molecule has 1 unspecified atom stereocenters. The van der Waals surface area contributed by atoms with E-state index in [2.05, 4.69) is 68.1 Å². The third-order valence-corrected chi connectivity index (χ3v) is 5.64. The maximum Gasteiger partial charge on any atom is 0.0720 e. The van der Waals surface area contributed by atoms with Crippen molar-refractivity contribution in [2.24, 2.45) is 0 Å². The van der Waals surface area contributed by atoms with Crippen molar-refractivity contribution in [3.63, 3.8) is 0 Å². The van der Waals surface area contributed by atoms with Gasteiger partial charge >= 0.3 is 0 Å². The van der Waals surface area contributed by atoms with Crippen molar-refractivity contribution in [2.75, 3.05) is 0 Å². The second-order valence-electron chi connectivity index (χ2n) is 4.50. The monoisotopic (exact) mass is 226 g/mol. The lowest BCUT2D eigenvalue weighted by atomic mass is 10.2. The van der Waals surface area contributed by atoms with E-state index in [0.29, 0.717) is 0 Å². The Bertz CT molecular complexity index is 431. The number of hydrogen-bond acceptors (Lipinski definition) is 0. The molecule has 0 aliphatic rings. The van der Waals surface area contributed by atoms with Crippen molar-refractivity contribution in [3.8, 4) is 0 Å². The molecule has 2 aromatic carbocycles. The van der Waals surface area contributed by atoms with Gasteiger partial charge < -0.3 is 0 Å². The minimum absolute atomic E-state index is 0.803. The molecule has 0 aliphatic heterocycles. The first-order chi connectivity index (χ1) is 7.75. The maximum atomic E-state index is 2.43. The van der Waals surface area contributed by atoms with Crippen LogP contribution in [0.4, 0.5) is 0 Å². The van der Waals surface area contributed by atoms with Gasteiger partial charge in [0.15, 0.2) is 0 Å². The molecule has 0 aliphatic carbocycles. The van der Waals surface area contributed by atoms with Crippen LogP contribution >= 0.6 is 0 Å². The maximum absolute atomic E-state index is 2.43. The van der Waals surface area contributed by atoms with Crippen molar-refractivity contribution in [1.82, 2.24) is 0 Å². The molecule has 0 heterocycles. The summed E-state index contributed by atoms with van der Waals surface area (Å²) in [7, 11) is -0.803. The van der Waals surface area contributed by atoms with Crippen LogP contribution in [0.25, 0.3) is 0 Å². The average Bonchev–Trinajstić information content (AvgIpc) is 2.33. The summed E-state index contributed by atoms with van der Waals surface area (Å²) in [4.78, 5) is 0. The van der Waals surface area contributed by atoms with E-state index in [1.807, 2.05) is 0 Å². The Hall–Kier alpha value is -1.34. The topological polar surface area (TPSA) is 0 Å². The predicted octanol–water partition coefficient (Wildman–Crippen LogP) is 2.84. The van der Waals surface area contributed by atoms with Crippen molar-refractivity contribution in [2.45, 2.75) is 19.5 Å². The molecule has 0 radical (unpaired) electrons. The van der Waals surface area contributed by atoms with Crippen LogP contribution in [0.2, 0.25) is 6.55 Å². The summed E-state index contributed by atoms with van der Waals surface area (Å²) in [5.41, 5.74) is 2.83. The standard InChI is InChI=1S/C15H18Si/c1-13-8-10-14(11-9-13)12-16(2)15-6-4-3-5-7-15/h3-11,16H,12H2,1-2H3. The van der Waals surface area contributed by atoms with Crippen LogP contribution < -0.4 is 5.19 Å². The molecule has 0 aromatic heterocycles. The summed E-state index contributed by atoms with van der Waals surface area (Å²) < 4.78 is 0. The van der Waals surface area contributed by atoms with Crippen LogP contribution in [0.1, 0.15) is 11.1 Å². The van der Waals surface area contributed by atoms with E-state index in [4.69, 9.17) is 0 Å². The molecule has 0 bridgehead atoms. The van der Waals surface area contributed by atoms with E-state index in [1.165, 1.54) is 17.2 Å². The van der Waals surface area contributed by atoms with Crippen LogP contribution in [0, 0.1) is 6.92 Å². The molecule has 0 N–H and O–H groups in total. The summed E-state index contributed by atoms with van der Waals surface area (Å²) in [6, 6.07) is 21.1. The van der Waals surface area contributed by atoms with Gasteiger partial charge in [-0.05, 0) is 13.0 Å². The lowest BCUT2D eigenvalue weighted by Gasteiger charge is -2.10. The Morgan fingerprint density at radius 1 is 0.875 bits per heavy atom. The minimum atomic E-state index is -0.803. The first kappa shape index (κ1) is 11.2. The van der Waals surface area contributed by atoms with Crippen molar-refractivity contribution in [3.05, 3.63) is 65.7 Å². The molecule has 0 spiro atoms. The van der Waals surface area contributed by atoms with Gasteiger partial charge in [-0.1, -0.05) is 77.5 Å². The molecular formula is C15H18Si. The summed E-state index contributed by atoms with van der Waals surface area (Å²) in [5.74, 6) is 0. The second kappa shape index (κ2) is 5.13. The molecule has 0 saturated carbocycles. The molecule has 82 valence electrons. The van der Waals surface area contributed by atoms with Gasteiger partial charge in [0.2, 0.25) is 0 Å². The summed E-state index contributed by atoms with van der Waals surface area (Å²) in [6.07, 6.45) is 0. The SMILES string of the molecule is Cc1ccc(C[SiH](C)c2ccccc2)cc1. The Labute approximate surface area is 99.6 Å². The van der Waals surface area contributed by atoms with Crippen molar-refractivity contribution < 1.29 is 0 Å². The van der Waals surface area contributed by atoms with Gasteiger partial charge in [0.05, 0.1) is 8.80 Å². The highest BCUT2D eigenvalue weighted by molar-refractivity contribution is 6.71. The fraction of sp³-hybridized carbons (Fsp3) is 0.200. The highest BCUT2D eigenvalue weighted by Crippen LogP contribution is 2.05. The van der Waals surface area contributed by atoms with E-state index in [9.17, 15) is 0 Å². The highest BCUT2D eigenvalue weighted by Gasteiger charge is 2.07. The van der Waals surface area contributed by atoms with Crippen molar-refractivity contribution in [1.29, 1.82) is 0 Å². The second-order valence-corrected chi connectivity index (χ2v) is 7.38. The number of aryl methyl sites for hydroxylation is 1. The Morgan fingerprint density at radius 3 is 2.12 bits per heavy atom. The van der Waals surface area contributed by atoms with E-state index in [-0.39, 0.29) is 0 Å². The molecule has 0 nitrogen and oxygen atoms in total. The van der Waals surface area contributed by atoms with Gasteiger partial charge in [-0.25, -0.2) is 0 Å². The zero-order valence-corrected chi connectivity index (χ0v) is 11.1. The first-order valence-corrected chi connectivity index (χ1v) is 8.41. The molecule has 2 rings (SSSR count). The predicted molar refractivity (Wildman–Crippen MR) is 74.0 cm³/mol. The molecule has 0 saturated heterocycles. The summed E-state index contributed by atoms with van der Waals surface area (Å²) in [5, 5.41) is 1.56. The van der Waals surface area contributed by atoms with Crippen LogP contribution in [-0.4, -0.2) is 8.80 Å². The van der Waals surface area contributed by atoms with Gasteiger partial charge in [-0.15, -0.1) is 0 Å². The normalized spacial score (nSPS) is 12.4. The molecular weight excluding hydrogens is 208 g/mol. The van der Waals surface area contributed by atoms with E-state index in [1.54, 1.807) is 5.19 Å². The van der Waals surface area contributed by atoms with Crippen LogP contribution in [-0.2, 0) is 6.04 Å². The minimum Gasteiger partial charge on any atom is -0.0678 e. The van der Waals surface area contributed by atoms with Gasteiger partial charge in [0.25, 0.3) is 0 Å². The largest absolute Gasteiger partial charge is 0.0720 e. The zero-order valence-electron chi connectivity index (χ0n) is 9.98. The molecule has 2 aromatic rings. The average molecular weight is 226 g/mol. The lowest BCUT2D eigenvalue weighted by molar-refractivity contribution is 1.33. The van der Waals surface area contributed by atoms with E-state index < -0.39 is 8.80 Å². The fourth-order valence-electron chi connectivity index (χ4n) is 1.98. The van der Waals surface area contributed by atoms with Crippen molar-refractivity contribution >= 4 is 14.0 Å². The smallest absolute Gasteiger partial charge is 0.0678 e. The Kier molecular flexibility index (Phi) is 3.57. The molecule has 0 fully saturated rings. The number of hydrogen-bond donors (Lipinski definition) is 0. The Morgan fingerprint density at radius 2 is 1.50 bits per heavy atom. The van der Waals surface area contributed by atoms with Gasteiger partial charge in [0, 0.05) is 0 Å². The molecule has 1 atom stereocenters. The molecule has 0 amide bonds. The highest BCUT2D eigenvalue weighted by atomic mass is 28.3. The van der Waals surface area contributed by atoms with Crippen LogP contribution in [0.3, 0.4) is 0 Å². The summed E-state index contributed by atoms with van der Waals surface area (Å²) >= 11 is 0. The van der Waals surface area contributed by atoms with E-state index in [0.717, 1.165) is 0 Å². The lowest BCUT2D eigenvalue weighted by Crippen LogP contribution is -2.28. The number of rotatable bonds is 3. The third kappa shape index (κ3) is 2.83. The van der Waals surface area contributed by atoms with Gasteiger partial charge in [0.1, 0.15) is 0 Å². The first-order valence-electron chi connectivity index (χ1n) is 5.86. The molecule has 1 heteroatoms. The van der Waals surface area contributed by atoms with Crippen LogP contribution in [0.15, 0.2) is 54.6 Å². The quantitative estimate of drug-likeness (QED) is 0.706. The summed E-state index contributed by atoms with van der Waals surface area (Å²) in [6.45, 7) is 4.57. The van der Waals surface area contributed by atoms with Gasteiger partial charge in [-0.3, -0.25) is 0 Å². The van der Waals surface area contributed by atoms with Gasteiger partial charge in [-0.2, -0.15) is 0 Å². The molecule has 16 heavy (non-hydrogen) atoms. The third-order valence-electron chi connectivity index (χ3n) is 3.03. The number of benzene rings is 2. The fourth-order valence-corrected chi connectivity index (χ4v) is 4.07. The zero-order chi connectivity index (χ0) is 11.4. The van der Waals surface area contributed by atoms with Crippen LogP contribution in [0.5, 0.6) is 0 Å². The van der Waals surface area contributed by atoms with E-state index >= 15 is 0 Å².